The number of halogens is 1. The zero-order chi connectivity index (χ0) is 13.3. The molecule has 5 heteroatoms. The maximum absolute atomic E-state index is 13.3. The predicted molar refractivity (Wildman–Crippen MR) is 69.8 cm³/mol. The zero-order valence-electron chi connectivity index (χ0n) is 11.1. The summed E-state index contributed by atoms with van der Waals surface area (Å²) in [7, 11) is -2.24. The molecular formula is C12H24FNO2S. The Morgan fingerprint density at radius 2 is 1.71 bits per heavy atom. The van der Waals surface area contributed by atoms with Crippen molar-refractivity contribution in [3.63, 3.8) is 0 Å². The highest BCUT2D eigenvalue weighted by Gasteiger charge is 2.13. The molecule has 102 valence electrons. The smallest absolute Gasteiger partial charge is 0.233 e. The van der Waals surface area contributed by atoms with Gasteiger partial charge >= 0.3 is 0 Å². The average Bonchev–Trinajstić information content (AvgIpc) is 2.25. The number of nitrogens with zero attached hydrogens (tertiary/aromatic N) is 1. The van der Waals surface area contributed by atoms with Gasteiger partial charge in [0, 0.05) is 7.05 Å². The van der Waals surface area contributed by atoms with Gasteiger partial charge in [-0.1, -0.05) is 39.0 Å². The maximum Gasteiger partial charge on any atom is 0.233 e. The molecular weight excluding hydrogens is 241 g/mol. The first-order valence-electron chi connectivity index (χ1n) is 6.19. The number of hydrogen-bond acceptors (Lipinski definition) is 2. The van der Waals surface area contributed by atoms with Crippen LogP contribution >= 0.6 is 0 Å². The van der Waals surface area contributed by atoms with Crippen molar-refractivity contribution in [3.8, 4) is 0 Å². The first-order chi connectivity index (χ1) is 7.89. The summed E-state index contributed by atoms with van der Waals surface area (Å²) in [5.41, 5.74) is 0. The molecule has 0 fully saturated rings. The number of allylic oxidation sites excluding steroid dienone is 1. The molecule has 0 rings (SSSR count). The summed E-state index contributed by atoms with van der Waals surface area (Å²) >= 11 is 0. The zero-order valence-corrected chi connectivity index (χ0v) is 11.9. The minimum absolute atomic E-state index is 0.595. The molecule has 0 atom stereocenters. The van der Waals surface area contributed by atoms with Crippen LogP contribution in [0.3, 0.4) is 0 Å². The lowest BCUT2D eigenvalue weighted by Crippen LogP contribution is -2.22. The van der Waals surface area contributed by atoms with E-state index in [9.17, 15) is 12.8 Å². The van der Waals surface area contributed by atoms with Crippen molar-refractivity contribution in [2.45, 2.75) is 51.9 Å². The minimum Gasteiger partial charge on any atom is -0.249 e. The first kappa shape index (κ1) is 16.4. The highest BCUT2D eigenvalue weighted by Crippen LogP contribution is 2.12. The van der Waals surface area contributed by atoms with Crippen molar-refractivity contribution in [2.24, 2.45) is 0 Å². The number of hydrogen-bond donors (Lipinski definition) is 0. The van der Waals surface area contributed by atoms with Crippen LogP contribution in [0.15, 0.2) is 12.0 Å². The van der Waals surface area contributed by atoms with Gasteiger partial charge in [0.2, 0.25) is 10.0 Å². The summed E-state index contributed by atoms with van der Waals surface area (Å²) in [5, 5.41) is 0. The molecule has 0 radical (unpaired) electrons. The van der Waals surface area contributed by atoms with Crippen molar-refractivity contribution in [2.75, 3.05) is 13.3 Å². The molecule has 3 nitrogen and oxygen atoms in total. The summed E-state index contributed by atoms with van der Waals surface area (Å²) < 4.78 is 36.1. The highest BCUT2D eigenvalue weighted by molar-refractivity contribution is 7.88. The van der Waals surface area contributed by atoms with E-state index in [2.05, 4.69) is 6.92 Å². The van der Waals surface area contributed by atoms with Gasteiger partial charge in [-0.2, -0.15) is 4.39 Å². The van der Waals surface area contributed by atoms with Crippen LogP contribution in [0.5, 0.6) is 0 Å². The van der Waals surface area contributed by atoms with E-state index in [4.69, 9.17) is 0 Å². The second-order valence-electron chi connectivity index (χ2n) is 4.31. The summed E-state index contributed by atoms with van der Waals surface area (Å²) in [6, 6.07) is 0. The largest absolute Gasteiger partial charge is 0.249 e. The minimum atomic E-state index is -3.47. The number of rotatable bonds is 9. The van der Waals surface area contributed by atoms with E-state index in [1.807, 2.05) is 0 Å². The second kappa shape index (κ2) is 8.50. The van der Waals surface area contributed by atoms with Crippen molar-refractivity contribution >= 4 is 10.0 Å². The molecule has 0 aliphatic heterocycles. The van der Waals surface area contributed by atoms with Crippen LogP contribution in [-0.2, 0) is 10.0 Å². The van der Waals surface area contributed by atoms with Gasteiger partial charge in [-0.05, 0) is 18.9 Å². The number of sulfonamides is 1. The Morgan fingerprint density at radius 3 is 2.24 bits per heavy atom. The molecule has 0 N–H and O–H groups in total. The van der Waals surface area contributed by atoms with Gasteiger partial charge in [-0.3, -0.25) is 0 Å². The van der Waals surface area contributed by atoms with Gasteiger partial charge in [0.1, 0.15) is 0 Å². The molecule has 0 amide bonds. The van der Waals surface area contributed by atoms with Gasteiger partial charge in [0.05, 0.1) is 6.26 Å². The van der Waals surface area contributed by atoms with Gasteiger partial charge in [0.25, 0.3) is 0 Å². The Kier molecular flexibility index (Phi) is 8.21. The van der Waals surface area contributed by atoms with E-state index in [0.29, 0.717) is 10.7 Å². The summed E-state index contributed by atoms with van der Waals surface area (Å²) in [6.07, 6.45) is 9.79. The second-order valence-corrected chi connectivity index (χ2v) is 6.33. The molecule has 0 unspecified atom stereocenters. The first-order valence-corrected chi connectivity index (χ1v) is 8.04. The topological polar surface area (TPSA) is 37.4 Å². The third-order valence-electron chi connectivity index (χ3n) is 2.67. The summed E-state index contributed by atoms with van der Waals surface area (Å²) in [4.78, 5) is 0. The van der Waals surface area contributed by atoms with Gasteiger partial charge in [-0.15, -0.1) is 0 Å². The normalized spacial score (nSPS) is 12.8. The lowest BCUT2D eigenvalue weighted by atomic mass is 10.1. The van der Waals surface area contributed by atoms with Gasteiger partial charge < -0.3 is 0 Å². The van der Waals surface area contributed by atoms with Crippen LogP contribution in [-0.4, -0.2) is 26.0 Å². The van der Waals surface area contributed by atoms with Crippen LogP contribution in [0.25, 0.3) is 0 Å². The van der Waals surface area contributed by atoms with E-state index in [-0.39, 0.29) is 0 Å². The van der Waals surface area contributed by atoms with Crippen molar-refractivity contribution in [3.05, 3.63) is 12.0 Å². The monoisotopic (exact) mass is 265 g/mol. The number of unbranched alkanes of at least 4 members (excludes halogenated alkanes) is 6. The SMILES string of the molecule is CCCCCCCC/C=C(\F)N(C)S(C)(=O)=O. The fourth-order valence-corrected chi connectivity index (χ4v) is 1.82. The molecule has 17 heavy (non-hydrogen) atoms. The highest BCUT2D eigenvalue weighted by atomic mass is 32.2. The Morgan fingerprint density at radius 1 is 1.18 bits per heavy atom. The van der Waals surface area contributed by atoms with E-state index >= 15 is 0 Å². The van der Waals surface area contributed by atoms with E-state index in [0.717, 1.165) is 19.1 Å². The Bertz CT molecular complexity index is 325. The molecule has 0 aliphatic carbocycles. The molecule has 0 aromatic rings. The maximum atomic E-state index is 13.3. The van der Waals surface area contributed by atoms with Crippen LogP contribution in [0.1, 0.15) is 51.9 Å². The van der Waals surface area contributed by atoms with E-state index in [1.165, 1.54) is 38.8 Å². The summed E-state index contributed by atoms with van der Waals surface area (Å²) in [6.45, 7) is 2.17. The molecule has 0 saturated heterocycles. The quantitative estimate of drug-likeness (QED) is 0.473. The molecule has 0 spiro atoms. The van der Waals surface area contributed by atoms with Crippen LogP contribution < -0.4 is 0 Å². The molecule has 0 heterocycles. The van der Waals surface area contributed by atoms with Crippen LogP contribution in [0.2, 0.25) is 0 Å². The van der Waals surface area contributed by atoms with Crippen LogP contribution in [0.4, 0.5) is 4.39 Å². The molecule has 0 aliphatic rings. The fourth-order valence-electron chi connectivity index (χ4n) is 1.43. The summed E-state index contributed by atoms with van der Waals surface area (Å²) in [5.74, 6) is -0.680. The molecule has 0 bridgehead atoms. The van der Waals surface area contributed by atoms with E-state index in [1.54, 1.807) is 0 Å². The predicted octanol–water partition coefficient (Wildman–Crippen LogP) is 3.44. The molecule has 0 aromatic heterocycles. The van der Waals surface area contributed by atoms with Crippen molar-refractivity contribution in [1.29, 1.82) is 0 Å². The van der Waals surface area contributed by atoms with Gasteiger partial charge in [0.15, 0.2) is 5.95 Å². The Hall–Kier alpha value is -0.580. The standard InChI is InChI=1S/C12H24FNO2S/c1-4-5-6-7-8-9-10-11-12(13)14(2)17(3,15)16/h11H,4-10H2,1-3H3/b12-11+. The molecule has 0 aromatic carbocycles. The van der Waals surface area contributed by atoms with Crippen LogP contribution in [0, 0.1) is 0 Å². The van der Waals surface area contributed by atoms with Gasteiger partial charge in [-0.25, -0.2) is 12.7 Å². The Labute approximate surface area is 105 Å². The third kappa shape index (κ3) is 8.18. The third-order valence-corrected chi connectivity index (χ3v) is 3.84. The van der Waals surface area contributed by atoms with E-state index < -0.39 is 16.0 Å². The average molecular weight is 265 g/mol. The lowest BCUT2D eigenvalue weighted by Gasteiger charge is -2.13. The fraction of sp³-hybridized carbons (Fsp3) is 0.833. The van der Waals surface area contributed by atoms with Crippen molar-refractivity contribution in [1.82, 2.24) is 4.31 Å². The lowest BCUT2D eigenvalue weighted by molar-refractivity contribution is 0.427. The Balaban J connectivity index is 3.78. The molecule has 0 saturated carbocycles. The van der Waals surface area contributed by atoms with Crippen molar-refractivity contribution < 1.29 is 12.8 Å².